The third kappa shape index (κ3) is 7.05. The molecule has 0 unspecified atom stereocenters. The fraction of sp³-hybridized carbons (Fsp3) is 0.357. The van der Waals surface area contributed by atoms with Gasteiger partial charge in [-0.05, 0) is 24.6 Å². The molecule has 0 fully saturated rings. The number of esters is 1. The van der Waals surface area contributed by atoms with Gasteiger partial charge in [-0.1, -0.05) is 12.1 Å². The SMILES string of the molecule is CCNC(=O)CNC(=O)COC(=O)Cc1ccc(F)cc1. The van der Waals surface area contributed by atoms with Gasteiger partial charge in [-0.3, -0.25) is 14.4 Å². The number of benzene rings is 1. The summed E-state index contributed by atoms with van der Waals surface area (Å²) in [6.45, 7) is 1.61. The zero-order valence-corrected chi connectivity index (χ0v) is 11.6. The molecule has 2 amide bonds. The summed E-state index contributed by atoms with van der Waals surface area (Å²) in [4.78, 5) is 33.9. The standard InChI is InChI=1S/C14H17FN2O4/c1-2-16-12(18)8-17-13(19)9-21-14(20)7-10-3-5-11(15)6-4-10/h3-6H,2,7-9H2,1H3,(H,16,18)(H,17,19). The number of amides is 2. The maximum Gasteiger partial charge on any atom is 0.310 e. The second kappa shape index (κ2) is 8.68. The lowest BCUT2D eigenvalue weighted by atomic mass is 10.1. The van der Waals surface area contributed by atoms with Crippen molar-refractivity contribution in [3.8, 4) is 0 Å². The van der Waals surface area contributed by atoms with Crippen LogP contribution in [0.4, 0.5) is 4.39 Å². The maximum atomic E-state index is 12.7. The minimum atomic E-state index is -0.602. The van der Waals surface area contributed by atoms with Crippen LogP contribution in [0.5, 0.6) is 0 Å². The lowest BCUT2D eigenvalue weighted by Gasteiger charge is -2.06. The Balaban J connectivity index is 2.24. The molecule has 0 bridgehead atoms. The molecule has 7 heteroatoms. The Morgan fingerprint density at radius 3 is 2.38 bits per heavy atom. The van der Waals surface area contributed by atoms with Gasteiger partial charge in [-0.15, -0.1) is 0 Å². The van der Waals surface area contributed by atoms with Crippen LogP contribution < -0.4 is 10.6 Å². The predicted molar refractivity (Wildman–Crippen MR) is 72.8 cm³/mol. The minimum Gasteiger partial charge on any atom is -0.455 e. The highest BCUT2D eigenvalue weighted by Gasteiger charge is 2.09. The summed E-state index contributed by atoms with van der Waals surface area (Å²) in [5, 5.41) is 4.83. The summed E-state index contributed by atoms with van der Waals surface area (Å²) in [6.07, 6.45) is -0.0517. The van der Waals surface area contributed by atoms with Crippen molar-refractivity contribution in [3.05, 3.63) is 35.6 Å². The van der Waals surface area contributed by atoms with Crippen molar-refractivity contribution in [2.45, 2.75) is 13.3 Å². The highest BCUT2D eigenvalue weighted by Crippen LogP contribution is 2.04. The third-order valence-corrected chi connectivity index (χ3v) is 2.45. The summed E-state index contributed by atoms with van der Waals surface area (Å²) in [7, 11) is 0. The van der Waals surface area contributed by atoms with E-state index in [0.29, 0.717) is 12.1 Å². The molecule has 114 valence electrons. The Labute approximate surface area is 121 Å². The van der Waals surface area contributed by atoms with E-state index in [9.17, 15) is 18.8 Å². The van der Waals surface area contributed by atoms with E-state index in [1.807, 2.05) is 0 Å². The van der Waals surface area contributed by atoms with Crippen molar-refractivity contribution in [3.63, 3.8) is 0 Å². The van der Waals surface area contributed by atoms with E-state index < -0.39 is 24.3 Å². The fourth-order valence-corrected chi connectivity index (χ4v) is 1.46. The molecule has 0 spiro atoms. The van der Waals surface area contributed by atoms with Gasteiger partial charge < -0.3 is 15.4 Å². The van der Waals surface area contributed by atoms with Crippen LogP contribution >= 0.6 is 0 Å². The van der Waals surface area contributed by atoms with Crippen LogP contribution in [0.25, 0.3) is 0 Å². The van der Waals surface area contributed by atoms with Gasteiger partial charge in [0.15, 0.2) is 6.61 Å². The molecule has 0 aliphatic rings. The summed E-state index contributed by atoms with van der Waals surface area (Å²) < 4.78 is 17.4. The molecule has 0 saturated heterocycles. The molecule has 0 aliphatic heterocycles. The first-order valence-corrected chi connectivity index (χ1v) is 6.44. The summed E-state index contributed by atoms with van der Waals surface area (Å²) in [5.41, 5.74) is 0.587. The van der Waals surface area contributed by atoms with Crippen LogP contribution in [0.3, 0.4) is 0 Å². The van der Waals surface area contributed by atoms with E-state index in [1.54, 1.807) is 6.92 Å². The predicted octanol–water partition coefficient (Wildman–Crippen LogP) is 0.164. The van der Waals surface area contributed by atoms with Crippen LogP contribution in [0.2, 0.25) is 0 Å². The normalized spacial score (nSPS) is 9.81. The van der Waals surface area contributed by atoms with E-state index in [2.05, 4.69) is 10.6 Å². The summed E-state index contributed by atoms with van der Waals surface area (Å²) in [5.74, 6) is -1.87. The Morgan fingerprint density at radius 2 is 1.76 bits per heavy atom. The molecule has 0 aromatic heterocycles. The maximum absolute atomic E-state index is 12.7. The molecule has 1 aromatic carbocycles. The zero-order chi connectivity index (χ0) is 15.7. The van der Waals surface area contributed by atoms with Crippen LogP contribution in [0.1, 0.15) is 12.5 Å². The van der Waals surface area contributed by atoms with Crippen molar-refractivity contribution in [1.82, 2.24) is 10.6 Å². The Hall–Kier alpha value is -2.44. The van der Waals surface area contributed by atoms with Gasteiger partial charge in [0.2, 0.25) is 5.91 Å². The zero-order valence-electron chi connectivity index (χ0n) is 11.6. The third-order valence-electron chi connectivity index (χ3n) is 2.45. The van der Waals surface area contributed by atoms with Crippen LogP contribution in [-0.2, 0) is 25.5 Å². The van der Waals surface area contributed by atoms with E-state index in [1.165, 1.54) is 24.3 Å². The molecule has 0 aliphatic carbocycles. The number of ether oxygens (including phenoxy) is 1. The molecule has 1 aromatic rings. The largest absolute Gasteiger partial charge is 0.455 e. The van der Waals surface area contributed by atoms with Crippen molar-refractivity contribution in [2.75, 3.05) is 19.7 Å². The Morgan fingerprint density at radius 1 is 1.10 bits per heavy atom. The van der Waals surface area contributed by atoms with Gasteiger partial charge in [0.1, 0.15) is 5.82 Å². The minimum absolute atomic E-state index is 0.0517. The number of carbonyl (C=O) groups excluding carboxylic acids is 3. The van der Waals surface area contributed by atoms with Crippen LogP contribution in [0, 0.1) is 5.82 Å². The van der Waals surface area contributed by atoms with E-state index in [-0.39, 0.29) is 18.9 Å². The first-order valence-electron chi connectivity index (χ1n) is 6.44. The fourth-order valence-electron chi connectivity index (χ4n) is 1.46. The van der Waals surface area contributed by atoms with Gasteiger partial charge >= 0.3 is 5.97 Å². The molecular formula is C14H17FN2O4. The number of rotatable bonds is 7. The van der Waals surface area contributed by atoms with Gasteiger partial charge in [-0.2, -0.15) is 0 Å². The number of hydrogen-bond acceptors (Lipinski definition) is 4. The van der Waals surface area contributed by atoms with Crippen molar-refractivity contribution in [1.29, 1.82) is 0 Å². The van der Waals surface area contributed by atoms with E-state index >= 15 is 0 Å². The average Bonchev–Trinajstić information content (AvgIpc) is 2.46. The highest BCUT2D eigenvalue weighted by atomic mass is 19.1. The average molecular weight is 296 g/mol. The topological polar surface area (TPSA) is 84.5 Å². The van der Waals surface area contributed by atoms with Gasteiger partial charge in [0, 0.05) is 6.54 Å². The molecule has 0 saturated carbocycles. The lowest BCUT2D eigenvalue weighted by Crippen LogP contribution is -2.38. The van der Waals surface area contributed by atoms with Gasteiger partial charge in [-0.25, -0.2) is 4.39 Å². The van der Waals surface area contributed by atoms with Gasteiger partial charge in [0.25, 0.3) is 5.91 Å². The number of hydrogen-bond donors (Lipinski definition) is 2. The molecular weight excluding hydrogens is 279 g/mol. The van der Waals surface area contributed by atoms with Gasteiger partial charge in [0.05, 0.1) is 13.0 Å². The lowest BCUT2D eigenvalue weighted by molar-refractivity contribution is -0.147. The summed E-state index contributed by atoms with van der Waals surface area (Å²) in [6, 6.07) is 5.40. The molecule has 0 atom stereocenters. The molecule has 1 rings (SSSR count). The second-order valence-corrected chi connectivity index (χ2v) is 4.19. The number of carbonyl (C=O) groups is 3. The molecule has 6 nitrogen and oxygen atoms in total. The second-order valence-electron chi connectivity index (χ2n) is 4.19. The van der Waals surface area contributed by atoms with Crippen LogP contribution in [-0.4, -0.2) is 37.5 Å². The Kier molecular flexibility index (Phi) is 6.86. The van der Waals surface area contributed by atoms with E-state index in [0.717, 1.165) is 0 Å². The smallest absolute Gasteiger partial charge is 0.310 e. The number of nitrogens with one attached hydrogen (secondary N) is 2. The van der Waals surface area contributed by atoms with Crippen LogP contribution in [0.15, 0.2) is 24.3 Å². The molecule has 21 heavy (non-hydrogen) atoms. The number of likely N-dealkylation sites (N-methyl/N-ethyl adjacent to an activating group) is 1. The van der Waals surface area contributed by atoms with Crippen molar-refractivity contribution >= 4 is 17.8 Å². The van der Waals surface area contributed by atoms with E-state index in [4.69, 9.17) is 4.74 Å². The quantitative estimate of drug-likeness (QED) is 0.702. The monoisotopic (exact) mass is 296 g/mol. The molecule has 2 N–H and O–H groups in total. The summed E-state index contributed by atoms with van der Waals surface area (Å²) >= 11 is 0. The highest BCUT2D eigenvalue weighted by molar-refractivity contribution is 5.86. The number of halogens is 1. The van der Waals surface area contributed by atoms with Crippen molar-refractivity contribution < 1.29 is 23.5 Å². The molecule has 0 heterocycles. The van der Waals surface area contributed by atoms with Crippen molar-refractivity contribution in [2.24, 2.45) is 0 Å². The molecule has 0 radical (unpaired) electrons. The first-order chi connectivity index (χ1) is 10.0. The Bertz CT molecular complexity index is 502. The first kappa shape index (κ1) is 16.6.